The van der Waals surface area contributed by atoms with Crippen LogP contribution in [-0.4, -0.2) is 17.1 Å². The van der Waals surface area contributed by atoms with Crippen LogP contribution in [0.15, 0.2) is 48.2 Å². The van der Waals surface area contributed by atoms with Crippen molar-refractivity contribution in [3.63, 3.8) is 0 Å². The van der Waals surface area contributed by atoms with Gasteiger partial charge in [-0.3, -0.25) is 0 Å². The van der Waals surface area contributed by atoms with Crippen molar-refractivity contribution in [3.05, 3.63) is 76.2 Å². The van der Waals surface area contributed by atoms with Gasteiger partial charge in [0, 0.05) is 23.7 Å². The van der Waals surface area contributed by atoms with E-state index < -0.39 is 23.5 Å². The molecule has 3 aromatic rings. The molecule has 0 saturated heterocycles. The highest BCUT2D eigenvalue weighted by molar-refractivity contribution is 6.01. The maximum Gasteiger partial charge on any atom is 0.416 e. The van der Waals surface area contributed by atoms with Crippen LogP contribution in [-0.2, 0) is 22.3 Å². The van der Waals surface area contributed by atoms with Gasteiger partial charge < -0.3 is 9.30 Å². The zero-order valence-corrected chi connectivity index (χ0v) is 16.8. The number of nitrogens with zero attached hydrogens (tertiary/aromatic N) is 2. The van der Waals surface area contributed by atoms with E-state index in [1.807, 2.05) is 0 Å². The number of halogens is 4. The number of aryl methyl sites for hydroxylation is 1. The van der Waals surface area contributed by atoms with E-state index >= 15 is 0 Å². The fourth-order valence-electron chi connectivity index (χ4n) is 3.40. The molecule has 0 radical (unpaired) electrons. The van der Waals surface area contributed by atoms with Crippen LogP contribution < -0.4 is 0 Å². The Morgan fingerprint density at radius 2 is 2.00 bits per heavy atom. The molecule has 0 aliphatic carbocycles. The van der Waals surface area contributed by atoms with Gasteiger partial charge in [-0.15, -0.1) is 0 Å². The SMILES string of the molecule is CCOC(=O)/C(C#N)=C/c1cn(Cc2cc(C)cc(C(F)(F)F)c2)c2cccc(F)c12. The maximum atomic E-state index is 14.6. The van der Waals surface area contributed by atoms with Crippen LogP contribution in [0.1, 0.15) is 29.2 Å². The van der Waals surface area contributed by atoms with E-state index in [2.05, 4.69) is 0 Å². The molecular weight excluding hydrogens is 412 g/mol. The number of nitriles is 1. The topological polar surface area (TPSA) is 55.0 Å². The number of alkyl halides is 3. The van der Waals surface area contributed by atoms with E-state index in [0.717, 1.165) is 12.1 Å². The van der Waals surface area contributed by atoms with Crippen molar-refractivity contribution < 1.29 is 27.1 Å². The highest BCUT2D eigenvalue weighted by atomic mass is 19.4. The third-order valence-electron chi connectivity index (χ3n) is 4.62. The minimum Gasteiger partial charge on any atom is -0.462 e. The third-order valence-corrected chi connectivity index (χ3v) is 4.62. The highest BCUT2D eigenvalue weighted by Crippen LogP contribution is 2.32. The second kappa shape index (κ2) is 8.64. The predicted octanol–water partition coefficient (Wildman–Crippen LogP) is 5.63. The summed E-state index contributed by atoms with van der Waals surface area (Å²) in [5.41, 5.74) is 0.429. The first kappa shape index (κ1) is 22.1. The summed E-state index contributed by atoms with van der Waals surface area (Å²) in [6.45, 7) is 3.27. The average Bonchev–Trinajstić information content (AvgIpc) is 3.03. The molecule has 1 heterocycles. The van der Waals surface area contributed by atoms with Crippen molar-refractivity contribution in [1.29, 1.82) is 5.26 Å². The fraction of sp³-hybridized carbons (Fsp3) is 0.217. The van der Waals surface area contributed by atoms with Gasteiger partial charge >= 0.3 is 12.1 Å². The van der Waals surface area contributed by atoms with Gasteiger partial charge in [-0.25, -0.2) is 9.18 Å². The summed E-state index contributed by atoms with van der Waals surface area (Å²) in [6.07, 6.45) is -1.77. The van der Waals surface area contributed by atoms with Crippen LogP contribution in [0.4, 0.5) is 17.6 Å². The number of esters is 1. The molecule has 0 atom stereocenters. The molecule has 0 spiro atoms. The van der Waals surface area contributed by atoms with Crippen molar-refractivity contribution in [2.24, 2.45) is 0 Å². The Morgan fingerprint density at radius 3 is 2.65 bits per heavy atom. The smallest absolute Gasteiger partial charge is 0.416 e. The zero-order chi connectivity index (χ0) is 22.8. The number of hydrogen-bond donors (Lipinski definition) is 0. The molecule has 8 heteroatoms. The standard InChI is InChI=1S/C23H18F4N2O2/c1-3-31-22(30)16(11-28)10-17-13-29(20-6-4-5-19(24)21(17)20)12-15-7-14(2)8-18(9-15)23(25,26)27/h4-10,13H,3,12H2,1-2H3/b16-10+. The first-order chi connectivity index (χ1) is 14.6. The zero-order valence-electron chi connectivity index (χ0n) is 16.8. The third kappa shape index (κ3) is 4.77. The van der Waals surface area contributed by atoms with Gasteiger partial charge in [0.05, 0.1) is 17.7 Å². The monoisotopic (exact) mass is 430 g/mol. The van der Waals surface area contributed by atoms with Gasteiger partial charge in [-0.2, -0.15) is 18.4 Å². The lowest BCUT2D eigenvalue weighted by molar-refractivity contribution is -0.138. The molecule has 0 N–H and O–H groups in total. The van der Waals surface area contributed by atoms with E-state index in [4.69, 9.17) is 4.74 Å². The van der Waals surface area contributed by atoms with Crippen molar-refractivity contribution in [1.82, 2.24) is 4.57 Å². The normalized spacial score (nSPS) is 12.1. The van der Waals surface area contributed by atoms with E-state index in [1.54, 1.807) is 36.6 Å². The molecule has 0 aliphatic rings. The second-order valence-corrected chi connectivity index (χ2v) is 6.94. The lowest BCUT2D eigenvalue weighted by atomic mass is 10.1. The van der Waals surface area contributed by atoms with Gasteiger partial charge in [-0.1, -0.05) is 17.7 Å². The molecule has 3 rings (SSSR count). The number of ether oxygens (including phenoxy) is 1. The van der Waals surface area contributed by atoms with Gasteiger partial charge in [0.15, 0.2) is 0 Å². The van der Waals surface area contributed by atoms with Gasteiger partial charge in [0.25, 0.3) is 0 Å². The second-order valence-electron chi connectivity index (χ2n) is 6.94. The molecule has 0 aliphatic heterocycles. The number of rotatable bonds is 5. The maximum absolute atomic E-state index is 14.6. The van der Waals surface area contributed by atoms with E-state index in [1.165, 1.54) is 24.4 Å². The Hall–Kier alpha value is -3.60. The molecule has 31 heavy (non-hydrogen) atoms. The van der Waals surface area contributed by atoms with Crippen LogP contribution in [0.25, 0.3) is 17.0 Å². The number of aromatic nitrogens is 1. The average molecular weight is 430 g/mol. The summed E-state index contributed by atoms with van der Waals surface area (Å²) >= 11 is 0. The van der Waals surface area contributed by atoms with Crippen LogP contribution in [0.3, 0.4) is 0 Å². The van der Waals surface area contributed by atoms with Crippen molar-refractivity contribution in [2.45, 2.75) is 26.6 Å². The van der Waals surface area contributed by atoms with Crippen LogP contribution >= 0.6 is 0 Å². The Morgan fingerprint density at radius 1 is 1.26 bits per heavy atom. The molecule has 0 bridgehead atoms. The number of carbonyl (C=O) groups excluding carboxylic acids is 1. The summed E-state index contributed by atoms with van der Waals surface area (Å²) in [5.74, 6) is -1.42. The molecule has 4 nitrogen and oxygen atoms in total. The minimum atomic E-state index is -4.49. The molecule has 0 amide bonds. The van der Waals surface area contributed by atoms with Crippen molar-refractivity contribution in [3.8, 4) is 6.07 Å². The molecule has 1 aromatic heterocycles. The summed E-state index contributed by atoms with van der Waals surface area (Å²) in [6, 6.07) is 9.80. The molecule has 2 aromatic carbocycles. The quantitative estimate of drug-likeness (QED) is 0.228. The lowest BCUT2D eigenvalue weighted by Gasteiger charge is -2.12. The Bertz CT molecular complexity index is 1220. The first-order valence-electron chi connectivity index (χ1n) is 9.38. The minimum absolute atomic E-state index is 0.0415. The summed E-state index contributed by atoms with van der Waals surface area (Å²) in [4.78, 5) is 11.9. The molecule has 0 unspecified atom stereocenters. The molecule has 0 fully saturated rings. The van der Waals surface area contributed by atoms with E-state index in [9.17, 15) is 27.6 Å². The summed E-state index contributed by atoms with van der Waals surface area (Å²) < 4.78 is 60.5. The van der Waals surface area contributed by atoms with E-state index in [0.29, 0.717) is 16.6 Å². The van der Waals surface area contributed by atoms with Gasteiger partial charge in [-0.05, 0) is 49.8 Å². The van der Waals surface area contributed by atoms with Crippen LogP contribution in [0.5, 0.6) is 0 Å². The summed E-state index contributed by atoms with van der Waals surface area (Å²) in [5, 5.41) is 9.43. The number of hydrogen-bond acceptors (Lipinski definition) is 3. The molecule has 0 saturated carbocycles. The molecule has 160 valence electrons. The fourth-order valence-corrected chi connectivity index (χ4v) is 3.40. The molecular formula is C23H18F4N2O2. The van der Waals surface area contributed by atoms with Crippen molar-refractivity contribution >= 4 is 22.9 Å². The Balaban J connectivity index is 2.12. The van der Waals surface area contributed by atoms with Gasteiger partial charge in [0.1, 0.15) is 17.5 Å². The predicted molar refractivity (Wildman–Crippen MR) is 107 cm³/mol. The van der Waals surface area contributed by atoms with Crippen LogP contribution in [0, 0.1) is 24.1 Å². The summed E-state index contributed by atoms with van der Waals surface area (Å²) in [7, 11) is 0. The van der Waals surface area contributed by atoms with Gasteiger partial charge in [0.2, 0.25) is 0 Å². The number of carbonyl (C=O) groups is 1. The highest BCUT2D eigenvalue weighted by Gasteiger charge is 2.31. The Kier molecular flexibility index (Phi) is 6.16. The van der Waals surface area contributed by atoms with Crippen LogP contribution in [0.2, 0.25) is 0 Å². The van der Waals surface area contributed by atoms with E-state index in [-0.39, 0.29) is 29.7 Å². The Labute approximate surface area is 176 Å². The lowest BCUT2D eigenvalue weighted by Crippen LogP contribution is -2.07. The number of fused-ring (bicyclic) bond motifs is 1. The largest absolute Gasteiger partial charge is 0.462 e. The first-order valence-corrected chi connectivity index (χ1v) is 9.38. The van der Waals surface area contributed by atoms with Crippen molar-refractivity contribution in [2.75, 3.05) is 6.61 Å². The number of benzene rings is 2.